The Bertz CT molecular complexity index is 281. The van der Waals surface area contributed by atoms with Crippen molar-refractivity contribution in [1.82, 2.24) is 10.2 Å². The third-order valence-corrected chi connectivity index (χ3v) is 3.84. The Balaban J connectivity index is 1.81. The number of aliphatic carboxylic acids is 1. The molecular weight excluding hydrogens is 232 g/mol. The molecule has 0 spiro atoms. The van der Waals surface area contributed by atoms with Gasteiger partial charge in [-0.05, 0) is 31.6 Å². The van der Waals surface area contributed by atoms with E-state index in [-0.39, 0.29) is 13.0 Å². The van der Waals surface area contributed by atoms with E-state index in [1.807, 2.05) is 0 Å². The predicted octanol–water partition coefficient (Wildman–Crippen LogP) is 0.286. The SMILES string of the molecule is O=C(O)CCC1CC(NC2CC2)CN(CCO)C1. The van der Waals surface area contributed by atoms with Gasteiger partial charge in [0.05, 0.1) is 6.61 Å². The first-order valence-electron chi connectivity index (χ1n) is 6.98. The molecule has 2 atom stereocenters. The van der Waals surface area contributed by atoms with Crippen molar-refractivity contribution in [2.45, 2.75) is 44.2 Å². The molecule has 2 fully saturated rings. The van der Waals surface area contributed by atoms with Gasteiger partial charge in [0.15, 0.2) is 0 Å². The van der Waals surface area contributed by atoms with Crippen LogP contribution in [0.2, 0.25) is 0 Å². The average molecular weight is 256 g/mol. The molecule has 2 aliphatic rings. The van der Waals surface area contributed by atoms with Crippen LogP contribution in [0, 0.1) is 5.92 Å². The largest absolute Gasteiger partial charge is 0.481 e. The molecule has 5 heteroatoms. The third-order valence-electron chi connectivity index (χ3n) is 3.84. The number of hydrogen-bond donors (Lipinski definition) is 3. The lowest BCUT2D eigenvalue weighted by molar-refractivity contribution is -0.137. The predicted molar refractivity (Wildman–Crippen MR) is 68.4 cm³/mol. The van der Waals surface area contributed by atoms with Gasteiger partial charge in [-0.3, -0.25) is 9.69 Å². The van der Waals surface area contributed by atoms with Crippen LogP contribution >= 0.6 is 0 Å². The van der Waals surface area contributed by atoms with E-state index in [1.54, 1.807) is 0 Å². The maximum atomic E-state index is 10.6. The second kappa shape index (κ2) is 6.50. The molecule has 18 heavy (non-hydrogen) atoms. The first-order chi connectivity index (χ1) is 8.67. The van der Waals surface area contributed by atoms with Crippen LogP contribution in [0.25, 0.3) is 0 Å². The Morgan fingerprint density at radius 3 is 2.67 bits per heavy atom. The fraction of sp³-hybridized carbons (Fsp3) is 0.923. The van der Waals surface area contributed by atoms with Crippen LogP contribution in [0.1, 0.15) is 32.1 Å². The lowest BCUT2D eigenvalue weighted by Gasteiger charge is -2.38. The topological polar surface area (TPSA) is 72.8 Å². The number of nitrogens with one attached hydrogen (secondary N) is 1. The number of hydrogen-bond acceptors (Lipinski definition) is 4. The highest BCUT2D eigenvalue weighted by Crippen LogP contribution is 2.25. The summed E-state index contributed by atoms with van der Waals surface area (Å²) in [5, 5.41) is 21.4. The average Bonchev–Trinajstić information content (AvgIpc) is 3.10. The van der Waals surface area contributed by atoms with Gasteiger partial charge in [-0.1, -0.05) is 0 Å². The van der Waals surface area contributed by atoms with Crippen molar-refractivity contribution >= 4 is 5.97 Å². The maximum Gasteiger partial charge on any atom is 0.303 e. The quantitative estimate of drug-likeness (QED) is 0.610. The summed E-state index contributed by atoms with van der Waals surface area (Å²) < 4.78 is 0. The molecule has 1 saturated carbocycles. The molecule has 1 aliphatic heterocycles. The van der Waals surface area contributed by atoms with Crippen LogP contribution in [0.3, 0.4) is 0 Å². The minimum Gasteiger partial charge on any atom is -0.481 e. The fourth-order valence-corrected chi connectivity index (χ4v) is 2.87. The molecule has 2 unspecified atom stereocenters. The minimum atomic E-state index is -0.707. The van der Waals surface area contributed by atoms with Gasteiger partial charge in [-0.25, -0.2) is 0 Å². The molecular formula is C13H24N2O3. The van der Waals surface area contributed by atoms with Crippen molar-refractivity contribution in [3.8, 4) is 0 Å². The number of aliphatic hydroxyl groups is 1. The molecule has 0 aromatic carbocycles. The van der Waals surface area contributed by atoms with Crippen molar-refractivity contribution in [3.63, 3.8) is 0 Å². The molecule has 1 heterocycles. The van der Waals surface area contributed by atoms with Crippen molar-refractivity contribution < 1.29 is 15.0 Å². The first kappa shape index (κ1) is 13.8. The summed E-state index contributed by atoms with van der Waals surface area (Å²) in [6.07, 6.45) is 4.63. The third kappa shape index (κ3) is 4.55. The first-order valence-corrected chi connectivity index (χ1v) is 6.98. The highest BCUT2D eigenvalue weighted by atomic mass is 16.4. The van der Waals surface area contributed by atoms with Crippen LogP contribution < -0.4 is 5.32 Å². The molecule has 1 saturated heterocycles. The number of carboxylic acids is 1. The number of likely N-dealkylation sites (tertiary alicyclic amines) is 1. The van der Waals surface area contributed by atoms with Gasteiger partial charge in [0.2, 0.25) is 0 Å². The maximum absolute atomic E-state index is 10.6. The summed E-state index contributed by atoms with van der Waals surface area (Å²) in [6, 6.07) is 1.15. The number of aliphatic hydroxyl groups excluding tert-OH is 1. The second-order valence-corrected chi connectivity index (χ2v) is 5.66. The zero-order chi connectivity index (χ0) is 13.0. The van der Waals surface area contributed by atoms with E-state index < -0.39 is 5.97 Å². The second-order valence-electron chi connectivity index (χ2n) is 5.66. The zero-order valence-electron chi connectivity index (χ0n) is 10.8. The van der Waals surface area contributed by atoms with Gasteiger partial charge in [0, 0.05) is 38.1 Å². The van der Waals surface area contributed by atoms with Crippen molar-refractivity contribution in [2.24, 2.45) is 5.92 Å². The van der Waals surface area contributed by atoms with Gasteiger partial charge in [0.25, 0.3) is 0 Å². The Hall–Kier alpha value is -0.650. The zero-order valence-corrected chi connectivity index (χ0v) is 10.8. The van der Waals surface area contributed by atoms with Gasteiger partial charge in [0.1, 0.15) is 0 Å². The number of β-amino-alcohol motifs (C(OH)–C–C–N with tert-alkyl or cyclic N) is 1. The number of nitrogens with zero attached hydrogens (tertiary/aromatic N) is 1. The molecule has 0 aromatic heterocycles. The monoisotopic (exact) mass is 256 g/mol. The van der Waals surface area contributed by atoms with E-state index in [0.717, 1.165) is 25.9 Å². The van der Waals surface area contributed by atoms with E-state index in [4.69, 9.17) is 10.2 Å². The number of piperidine rings is 1. The molecule has 0 radical (unpaired) electrons. The Morgan fingerprint density at radius 1 is 1.28 bits per heavy atom. The summed E-state index contributed by atoms with van der Waals surface area (Å²) in [7, 11) is 0. The smallest absolute Gasteiger partial charge is 0.303 e. The van der Waals surface area contributed by atoms with Crippen molar-refractivity contribution in [1.29, 1.82) is 0 Å². The van der Waals surface area contributed by atoms with Crippen molar-refractivity contribution in [2.75, 3.05) is 26.2 Å². The molecule has 0 aromatic rings. The van der Waals surface area contributed by atoms with E-state index >= 15 is 0 Å². The molecule has 2 rings (SSSR count). The molecule has 0 amide bonds. The van der Waals surface area contributed by atoms with Crippen LogP contribution in [0.15, 0.2) is 0 Å². The van der Waals surface area contributed by atoms with Gasteiger partial charge < -0.3 is 15.5 Å². The van der Waals surface area contributed by atoms with Crippen LogP contribution in [-0.2, 0) is 4.79 Å². The van der Waals surface area contributed by atoms with E-state index in [2.05, 4.69) is 10.2 Å². The minimum absolute atomic E-state index is 0.182. The Morgan fingerprint density at radius 2 is 2.06 bits per heavy atom. The van der Waals surface area contributed by atoms with E-state index in [9.17, 15) is 4.79 Å². The lowest BCUT2D eigenvalue weighted by atomic mass is 9.90. The number of rotatable bonds is 7. The Labute approximate surface area is 108 Å². The van der Waals surface area contributed by atoms with Crippen LogP contribution in [0.4, 0.5) is 0 Å². The highest BCUT2D eigenvalue weighted by Gasteiger charge is 2.31. The molecule has 104 valence electrons. The standard InChI is InChI=1S/C13H24N2O3/c16-6-5-15-8-10(1-4-13(17)18)7-12(9-15)14-11-2-3-11/h10-12,14,16H,1-9H2,(H,17,18). The molecule has 5 nitrogen and oxygen atoms in total. The number of carboxylic acid groups (broad SMARTS) is 1. The van der Waals surface area contributed by atoms with E-state index in [0.29, 0.717) is 24.5 Å². The number of carbonyl (C=O) groups is 1. The summed E-state index contributed by atoms with van der Waals surface area (Å²) in [5.74, 6) is -0.265. The molecule has 0 bridgehead atoms. The van der Waals surface area contributed by atoms with E-state index in [1.165, 1.54) is 12.8 Å². The van der Waals surface area contributed by atoms with Crippen molar-refractivity contribution in [3.05, 3.63) is 0 Å². The fourth-order valence-electron chi connectivity index (χ4n) is 2.87. The molecule has 3 N–H and O–H groups in total. The van der Waals surface area contributed by atoms with Crippen LogP contribution in [0.5, 0.6) is 0 Å². The van der Waals surface area contributed by atoms with Gasteiger partial charge >= 0.3 is 5.97 Å². The van der Waals surface area contributed by atoms with Crippen LogP contribution in [-0.4, -0.2) is 59.4 Å². The van der Waals surface area contributed by atoms with Gasteiger partial charge in [-0.15, -0.1) is 0 Å². The summed E-state index contributed by atoms with van der Waals surface area (Å²) >= 11 is 0. The lowest BCUT2D eigenvalue weighted by Crippen LogP contribution is -2.50. The summed E-state index contributed by atoms with van der Waals surface area (Å²) in [5.41, 5.74) is 0. The summed E-state index contributed by atoms with van der Waals surface area (Å²) in [6.45, 7) is 2.80. The molecule has 1 aliphatic carbocycles. The highest BCUT2D eigenvalue weighted by molar-refractivity contribution is 5.66. The summed E-state index contributed by atoms with van der Waals surface area (Å²) in [4.78, 5) is 12.9. The normalized spacial score (nSPS) is 29.4. The van der Waals surface area contributed by atoms with Gasteiger partial charge in [-0.2, -0.15) is 0 Å². The Kier molecular flexibility index (Phi) is 4.97.